The number of allylic oxidation sites excluding steroid dienone is 2. The Kier molecular flexibility index (Phi) is 10.2. The van der Waals surface area contributed by atoms with Crippen molar-refractivity contribution >= 4 is 28.8 Å². The molecule has 0 aliphatic carbocycles. The quantitative estimate of drug-likeness (QED) is 0.599. The summed E-state index contributed by atoms with van der Waals surface area (Å²) in [5.74, 6) is -1.10. The minimum absolute atomic E-state index is 0.257. The minimum atomic E-state index is -2.31. The van der Waals surface area contributed by atoms with Gasteiger partial charge >= 0.3 is 20.5 Å². The summed E-state index contributed by atoms with van der Waals surface area (Å²) in [6.07, 6.45) is 3.31. The van der Waals surface area contributed by atoms with E-state index in [0.29, 0.717) is 11.1 Å². The van der Waals surface area contributed by atoms with Crippen molar-refractivity contribution in [3.63, 3.8) is 0 Å². The van der Waals surface area contributed by atoms with Gasteiger partial charge in [-0.2, -0.15) is 0 Å². The van der Waals surface area contributed by atoms with Gasteiger partial charge in [0.25, 0.3) is 0 Å². The highest BCUT2D eigenvalue weighted by Crippen LogP contribution is 2.16. The Labute approximate surface area is 136 Å². The van der Waals surface area contributed by atoms with E-state index in [2.05, 4.69) is 19.6 Å². The van der Waals surface area contributed by atoms with Crippen LogP contribution in [0.15, 0.2) is 23.3 Å². The summed E-state index contributed by atoms with van der Waals surface area (Å²) in [7, 11) is -3.95. The molecule has 0 saturated heterocycles. The van der Waals surface area contributed by atoms with Gasteiger partial charge in [-0.25, -0.2) is 9.59 Å². The van der Waals surface area contributed by atoms with Crippen molar-refractivity contribution in [3.05, 3.63) is 23.3 Å². The fourth-order valence-corrected chi connectivity index (χ4v) is 7.98. The van der Waals surface area contributed by atoms with Crippen molar-refractivity contribution in [1.29, 1.82) is 0 Å². The topological polar surface area (TPSA) is 72.8 Å². The molecule has 0 spiro atoms. The normalized spacial score (nSPS) is 13.1. The Hall–Kier alpha value is -1.19. The predicted octanol–water partition coefficient (Wildman–Crippen LogP) is 4.09. The second-order valence-electron chi connectivity index (χ2n) is 6.25. The first kappa shape index (κ1) is 23.1. The van der Waals surface area contributed by atoms with E-state index in [1.807, 2.05) is 20.0 Å². The summed E-state index contributed by atoms with van der Waals surface area (Å²) >= 11 is 0. The van der Waals surface area contributed by atoms with E-state index in [9.17, 15) is 9.59 Å². The van der Waals surface area contributed by atoms with Crippen molar-refractivity contribution in [1.82, 2.24) is 0 Å². The van der Waals surface area contributed by atoms with E-state index in [4.69, 9.17) is 13.6 Å². The van der Waals surface area contributed by atoms with E-state index in [0.717, 1.165) is 0 Å². The summed E-state index contributed by atoms with van der Waals surface area (Å²) in [5.41, 5.74) is 1.02. The highest BCUT2D eigenvalue weighted by atomic mass is 28.4. The first-order valence-corrected chi connectivity index (χ1v) is 13.4. The smallest absolute Gasteiger partial charge is 0.385 e. The molecule has 0 amide bonds. The number of aliphatic carboxylic acids is 1. The molecule has 0 aromatic heterocycles. The first-order chi connectivity index (χ1) is 9.75. The van der Waals surface area contributed by atoms with Crippen LogP contribution in [0.25, 0.3) is 0 Å². The molecule has 22 heavy (non-hydrogen) atoms. The number of rotatable bonds is 5. The molecule has 128 valence electrons. The van der Waals surface area contributed by atoms with E-state index in [-0.39, 0.29) is 5.97 Å². The standard InChI is InChI=1S/C10H22O3Si2.C5H8O2/c1-8-9(2)10(11)12-15(6,7)13-14(3,4)5;1-3-4(2)5(6)7/h8H,1-7H3;3H,1-2H3,(H,6,7)/b9-8+;4-3+. The number of carbonyl (C=O) groups excluding carboxylic acids is 1. The number of carboxylic acid groups (broad SMARTS) is 1. The number of hydrogen-bond donors (Lipinski definition) is 1. The number of hydrogen-bond acceptors (Lipinski definition) is 4. The lowest BCUT2D eigenvalue weighted by Gasteiger charge is -2.30. The van der Waals surface area contributed by atoms with E-state index >= 15 is 0 Å². The molecule has 5 nitrogen and oxygen atoms in total. The number of carbonyl (C=O) groups is 2. The minimum Gasteiger partial charge on any atom is -0.492 e. The van der Waals surface area contributed by atoms with Crippen LogP contribution in [0.5, 0.6) is 0 Å². The van der Waals surface area contributed by atoms with Crippen LogP contribution in [-0.4, -0.2) is 33.9 Å². The largest absolute Gasteiger partial charge is 0.492 e. The summed E-state index contributed by atoms with van der Waals surface area (Å²) in [6.45, 7) is 16.9. The van der Waals surface area contributed by atoms with Gasteiger partial charge < -0.3 is 13.6 Å². The molecule has 1 N–H and O–H groups in total. The first-order valence-electron chi connectivity index (χ1n) is 7.18. The molecule has 0 fully saturated rings. The van der Waals surface area contributed by atoms with Gasteiger partial charge in [-0.3, -0.25) is 0 Å². The molecule has 0 aromatic carbocycles. The van der Waals surface area contributed by atoms with Gasteiger partial charge in [-0.05, 0) is 60.4 Å². The van der Waals surface area contributed by atoms with Crippen LogP contribution in [0, 0.1) is 0 Å². The van der Waals surface area contributed by atoms with Gasteiger partial charge in [-0.1, -0.05) is 12.2 Å². The zero-order valence-electron chi connectivity index (χ0n) is 15.2. The molecule has 0 radical (unpaired) electrons. The van der Waals surface area contributed by atoms with Gasteiger partial charge in [0.15, 0.2) is 8.32 Å². The van der Waals surface area contributed by atoms with E-state index in [1.54, 1.807) is 32.9 Å². The van der Waals surface area contributed by atoms with Crippen molar-refractivity contribution in [3.8, 4) is 0 Å². The zero-order chi connectivity index (χ0) is 18.1. The average molecular weight is 347 g/mol. The maximum Gasteiger partial charge on any atom is 0.385 e. The van der Waals surface area contributed by atoms with Crippen molar-refractivity contribution in [2.75, 3.05) is 0 Å². The molecular formula is C15H30O5Si2. The second kappa shape index (κ2) is 9.75. The molecule has 0 aromatic rings. The van der Waals surface area contributed by atoms with Gasteiger partial charge in [0, 0.05) is 11.1 Å². The van der Waals surface area contributed by atoms with Crippen LogP contribution < -0.4 is 0 Å². The summed E-state index contributed by atoms with van der Waals surface area (Å²) in [5, 5.41) is 8.11. The van der Waals surface area contributed by atoms with Crippen LogP contribution in [0.3, 0.4) is 0 Å². The number of carboxylic acids is 1. The molecule has 0 aliphatic rings. The van der Waals surface area contributed by atoms with Crippen molar-refractivity contribution < 1.29 is 23.2 Å². The van der Waals surface area contributed by atoms with Crippen LogP contribution >= 0.6 is 0 Å². The third-order valence-corrected chi connectivity index (χ3v) is 7.51. The molecule has 0 atom stereocenters. The SMILES string of the molecule is C/C=C(\C)C(=O)O.C/C=C(\C)C(=O)O[Si](C)(C)O[Si](C)(C)C. The fraction of sp³-hybridized carbons (Fsp3) is 0.600. The van der Waals surface area contributed by atoms with Crippen LogP contribution in [0.4, 0.5) is 0 Å². The Morgan fingerprint density at radius 1 is 0.909 bits per heavy atom. The lowest BCUT2D eigenvalue weighted by Crippen LogP contribution is -2.46. The molecule has 0 unspecified atom stereocenters. The Bertz CT molecular complexity index is 445. The van der Waals surface area contributed by atoms with Crippen molar-refractivity contribution in [2.45, 2.75) is 60.4 Å². The summed E-state index contributed by atoms with van der Waals surface area (Å²) in [6, 6.07) is 0. The molecule has 0 bridgehead atoms. The molecule has 0 saturated carbocycles. The molecule has 7 heteroatoms. The highest BCUT2D eigenvalue weighted by Gasteiger charge is 2.34. The third-order valence-electron chi connectivity index (χ3n) is 2.42. The monoisotopic (exact) mass is 346 g/mol. The Morgan fingerprint density at radius 2 is 1.32 bits per heavy atom. The predicted molar refractivity (Wildman–Crippen MR) is 94.5 cm³/mol. The Balaban J connectivity index is 0. The lowest BCUT2D eigenvalue weighted by atomic mass is 10.3. The maximum atomic E-state index is 11.6. The zero-order valence-corrected chi connectivity index (χ0v) is 17.2. The Morgan fingerprint density at radius 3 is 1.55 bits per heavy atom. The molecule has 0 rings (SSSR count). The van der Waals surface area contributed by atoms with Crippen LogP contribution in [0.1, 0.15) is 27.7 Å². The van der Waals surface area contributed by atoms with E-state index < -0.39 is 22.8 Å². The molecular weight excluding hydrogens is 316 g/mol. The molecule has 0 aliphatic heterocycles. The second-order valence-corrected chi connectivity index (χ2v) is 14.3. The van der Waals surface area contributed by atoms with Gasteiger partial charge in [0.2, 0.25) is 0 Å². The summed E-state index contributed by atoms with van der Waals surface area (Å²) in [4.78, 5) is 21.4. The van der Waals surface area contributed by atoms with Crippen molar-refractivity contribution in [2.24, 2.45) is 0 Å². The van der Waals surface area contributed by atoms with Crippen LogP contribution in [0.2, 0.25) is 32.7 Å². The van der Waals surface area contributed by atoms with Gasteiger partial charge in [0.05, 0.1) is 0 Å². The maximum absolute atomic E-state index is 11.6. The van der Waals surface area contributed by atoms with Gasteiger partial charge in [0.1, 0.15) is 0 Å². The lowest BCUT2D eigenvalue weighted by molar-refractivity contribution is -0.133. The highest BCUT2D eigenvalue weighted by molar-refractivity contribution is 6.82. The fourth-order valence-electron chi connectivity index (χ4n) is 1.30. The average Bonchev–Trinajstić information content (AvgIpc) is 2.33. The van der Waals surface area contributed by atoms with E-state index in [1.165, 1.54) is 0 Å². The van der Waals surface area contributed by atoms with Gasteiger partial charge in [-0.15, -0.1) is 0 Å². The summed E-state index contributed by atoms with van der Waals surface area (Å²) < 4.78 is 11.3. The third kappa shape index (κ3) is 12.5. The molecule has 0 heterocycles. The van der Waals surface area contributed by atoms with Crippen LogP contribution in [-0.2, 0) is 18.1 Å².